The monoisotopic (exact) mass is 323 g/mol. The fourth-order valence-electron chi connectivity index (χ4n) is 2.26. The third-order valence-electron chi connectivity index (χ3n) is 3.51. The van der Waals surface area contributed by atoms with Gasteiger partial charge < -0.3 is 14.2 Å². The van der Waals surface area contributed by atoms with Crippen LogP contribution in [0.5, 0.6) is 0 Å². The van der Waals surface area contributed by atoms with Gasteiger partial charge in [-0.05, 0) is 36.8 Å². The van der Waals surface area contributed by atoms with Crippen molar-refractivity contribution < 1.29 is 14.0 Å². The molecule has 0 saturated carbocycles. The number of carbonyl (C=O) groups excluding carboxylic acids is 1. The zero-order chi connectivity index (χ0) is 17.1. The number of hydrogen-bond acceptors (Lipinski definition) is 6. The fraction of sp³-hybridized carbons (Fsp3) is 0.167. The highest BCUT2D eigenvalue weighted by Gasteiger charge is 2.29. The van der Waals surface area contributed by atoms with Gasteiger partial charge in [-0.1, -0.05) is 17.3 Å². The zero-order valence-electron chi connectivity index (χ0n) is 13.7. The van der Waals surface area contributed by atoms with Gasteiger partial charge in [-0.15, -0.1) is 0 Å². The van der Waals surface area contributed by atoms with E-state index < -0.39 is 5.97 Å². The largest absolute Gasteiger partial charge is 0.441 e. The lowest BCUT2D eigenvalue weighted by Gasteiger charge is -2.05. The molecule has 0 N–H and O–H groups in total. The van der Waals surface area contributed by atoms with Crippen molar-refractivity contribution in [1.29, 1.82) is 0 Å². The number of furan rings is 1. The van der Waals surface area contributed by atoms with Crippen LogP contribution in [0.3, 0.4) is 0 Å². The van der Waals surface area contributed by atoms with Gasteiger partial charge in [0, 0.05) is 26.4 Å². The number of anilines is 1. The summed E-state index contributed by atoms with van der Waals surface area (Å²) in [6.07, 6.45) is 5.25. The molecule has 6 heteroatoms. The van der Waals surface area contributed by atoms with Crippen molar-refractivity contribution >= 4 is 23.6 Å². The summed E-state index contributed by atoms with van der Waals surface area (Å²) in [5.41, 5.74) is 2.17. The number of nitrogens with zero attached hydrogens (tertiary/aromatic N) is 3. The Balaban J connectivity index is 1.89. The quantitative estimate of drug-likeness (QED) is 0.639. The van der Waals surface area contributed by atoms with Gasteiger partial charge in [0.25, 0.3) is 0 Å². The first-order chi connectivity index (χ1) is 11.6. The SMILES string of the molecule is CC(C=Cc1ccc(N(C)C)o1)=C1C(=O)ON=C1c1ccccn1. The molecule has 0 radical (unpaired) electrons. The minimum absolute atomic E-state index is 0.407. The molecule has 24 heavy (non-hydrogen) atoms. The number of oxime groups is 1. The number of carbonyl (C=O) groups is 1. The standard InChI is InChI=1S/C18H17N3O3/c1-12(7-8-13-9-10-15(23-13)21(2)3)16-17(20-24-18(16)22)14-6-4-5-11-19-14/h4-11H,1-3H3. The average molecular weight is 323 g/mol. The summed E-state index contributed by atoms with van der Waals surface area (Å²) in [6, 6.07) is 9.17. The van der Waals surface area contributed by atoms with Gasteiger partial charge in [-0.25, -0.2) is 4.79 Å². The molecule has 0 fully saturated rings. The highest BCUT2D eigenvalue weighted by Crippen LogP contribution is 2.22. The number of hydrogen-bond donors (Lipinski definition) is 0. The lowest BCUT2D eigenvalue weighted by atomic mass is 10.0. The molecule has 1 aliphatic heterocycles. The molecule has 0 aromatic carbocycles. The average Bonchev–Trinajstić information content (AvgIpc) is 3.20. The van der Waals surface area contributed by atoms with E-state index in [2.05, 4.69) is 10.1 Å². The number of aromatic nitrogens is 1. The zero-order valence-corrected chi connectivity index (χ0v) is 13.7. The van der Waals surface area contributed by atoms with E-state index in [1.165, 1.54) is 0 Å². The van der Waals surface area contributed by atoms with E-state index in [0.29, 0.717) is 22.7 Å². The maximum atomic E-state index is 12.0. The van der Waals surface area contributed by atoms with E-state index in [0.717, 1.165) is 11.5 Å². The van der Waals surface area contributed by atoms with E-state index >= 15 is 0 Å². The summed E-state index contributed by atoms with van der Waals surface area (Å²) in [7, 11) is 3.81. The molecule has 6 nitrogen and oxygen atoms in total. The maximum Gasteiger partial charge on any atom is 0.368 e. The Labute approximate surface area is 139 Å². The molecule has 122 valence electrons. The van der Waals surface area contributed by atoms with Gasteiger partial charge >= 0.3 is 5.97 Å². The summed E-state index contributed by atoms with van der Waals surface area (Å²) in [6.45, 7) is 1.83. The molecule has 0 saturated heterocycles. The van der Waals surface area contributed by atoms with Gasteiger partial charge in [0.05, 0.1) is 11.3 Å². The minimum Gasteiger partial charge on any atom is -0.441 e. The number of pyridine rings is 1. The third-order valence-corrected chi connectivity index (χ3v) is 3.51. The van der Waals surface area contributed by atoms with E-state index in [1.807, 2.05) is 44.1 Å². The van der Waals surface area contributed by atoms with Crippen LogP contribution in [0.1, 0.15) is 18.4 Å². The van der Waals surface area contributed by atoms with Gasteiger partial charge in [0.2, 0.25) is 0 Å². The van der Waals surface area contributed by atoms with E-state index in [9.17, 15) is 4.79 Å². The van der Waals surface area contributed by atoms with E-state index in [-0.39, 0.29) is 0 Å². The smallest absolute Gasteiger partial charge is 0.368 e. The lowest BCUT2D eigenvalue weighted by molar-refractivity contribution is -0.136. The van der Waals surface area contributed by atoms with Crippen molar-refractivity contribution in [2.75, 3.05) is 19.0 Å². The summed E-state index contributed by atoms with van der Waals surface area (Å²) in [4.78, 5) is 22.9. The Morgan fingerprint density at radius 3 is 2.71 bits per heavy atom. The van der Waals surface area contributed by atoms with Crippen molar-refractivity contribution in [3.05, 3.63) is 65.2 Å². The maximum absolute atomic E-state index is 12.0. The second-order valence-electron chi connectivity index (χ2n) is 5.50. The Morgan fingerprint density at radius 1 is 1.21 bits per heavy atom. The van der Waals surface area contributed by atoms with E-state index in [4.69, 9.17) is 9.25 Å². The molecule has 0 bridgehead atoms. The molecule has 2 aromatic rings. The third kappa shape index (κ3) is 3.12. The summed E-state index contributed by atoms with van der Waals surface area (Å²) in [5.74, 6) is 0.975. The molecule has 0 amide bonds. The summed E-state index contributed by atoms with van der Waals surface area (Å²) in [5, 5.41) is 3.85. The Kier molecular flexibility index (Phi) is 4.29. The molecule has 1 aliphatic rings. The molecular weight excluding hydrogens is 306 g/mol. The second-order valence-corrected chi connectivity index (χ2v) is 5.50. The highest BCUT2D eigenvalue weighted by molar-refractivity contribution is 6.28. The summed E-state index contributed by atoms with van der Waals surface area (Å²) < 4.78 is 5.65. The minimum atomic E-state index is -0.480. The molecule has 3 rings (SSSR count). The molecular formula is C18H17N3O3. The fourth-order valence-corrected chi connectivity index (χ4v) is 2.26. The predicted molar refractivity (Wildman–Crippen MR) is 91.6 cm³/mol. The Morgan fingerprint density at radius 2 is 2.04 bits per heavy atom. The predicted octanol–water partition coefficient (Wildman–Crippen LogP) is 3.03. The molecule has 0 spiro atoms. The number of allylic oxidation sites excluding steroid dienone is 2. The molecule has 0 unspecified atom stereocenters. The molecule has 3 heterocycles. The highest BCUT2D eigenvalue weighted by atomic mass is 16.7. The van der Waals surface area contributed by atoms with Crippen molar-refractivity contribution in [2.24, 2.45) is 5.16 Å². The van der Waals surface area contributed by atoms with Gasteiger partial charge in [-0.3, -0.25) is 4.98 Å². The van der Waals surface area contributed by atoms with Crippen LogP contribution in [0.4, 0.5) is 5.88 Å². The normalized spacial score (nSPS) is 16.3. The Hall–Kier alpha value is -3.15. The first-order valence-corrected chi connectivity index (χ1v) is 7.43. The van der Waals surface area contributed by atoms with Gasteiger partial charge in [0.15, 0.2) is 5.88 Å². The first-order valence-electron chi connectivity index (χ1n) is 7.43. The van der Waals surface area contributed by atoms with Gasteiger partial charge in [-0.2, -0.15) is 0 Å². The van der Waals surface area contributed by atoms with Crippen LogP contribution in [0.25, 0.3) is 6.08 Å². The van der Waals surface area contributed by atoms with Crippen LogP contribution < -0.4 is 4.90 Å². The Bertz CT molecular complexity index is 845. The summed E-state index contributed by atoms with van der Waals surface area (Å²) >= 11 is 0. The molecule has 2 aromatic heterocycles. The molecule has 0 aliphatic carbocycles. The molecule has 0 atom stereocenters. The second kappa shape index (κ2) is 6.54. The van der Waals surface area contributed by atoms with Crippen LogP contribution in [0, 0.1) is 0 Å². The van der Waals surface area contributed by atoms with Crippen LogP contribution in [0.15, 0.2) is 63.3 Å². The van der Waals surface area contributed by atoms with E-state index in [1.54, 1.807) is 30.5 Å². The van der Waals surface area contributed by atoms with Gasteiger partial charge in [0.1, 0.15) is 11.5 Å². The van der Waals surface area contributed by atoms with Crippen molar-refractivity contribution in [1.82, 2.24) is 4.98 Å². The number of rotatable bonds is 4. The van der Waals surface area contributed by atoms with Crippen molar-refractivity contribution in [3.63, 3.8) is 0 Å². The van der Waals surface area contributed by atoms with Crippen LogP contribution >= 0.6 is 0 Å². The van der Waals surface area contributed by atoms with Crippen molar-refractivity contribution in [3.8, 4) is 0 Å². The van der Waals surface area contributed by atoms with Crippen LogP contribution in [-0.2, 0) is 9.63 Å². The van der Waals surface area contributed by atoms with Crippen molar-refractivity contribution in [2.45, 2.75) is 6.92 Å². The lowest BCUT2D eigenvalue weighted by Crippen LogP contribution is -2.10. The first kappa shape index (κ1) is 15.7. The topological polar surface area (TPSA) is 67.9 Å². The van der Waals surface area contributed by atoms with Crippen LogP contribution in [0.2, 0.25) is 0 Å². The van der Waals surface area contributed by atoms with Crippen LogP contribution in [-0.4, -0.2) is 30.8 Å².